The number of pyridine rings is 2. The minimum atomic E-state index is -0.133. The molecule has 0 atom stereocenters. The second-order valence-electron chi connectivity index (χ2n) is 9.18. The third kappa shape index (κ3) is 6.06. The van der Waals surface area contributed by atoms with Gasteiger partial charge in [-0.15, -0.1) is 0 Å². The molecule has 0 unspecified atom stereocenters. The topological polar surface area (TPSA) is 70.6 Å². The zero-order valence-electron chi connectivity index (χ0n) is 21.3. The highest BCUT2D eigenvalue weighted by Crippen LogP contribution is 2.26. The highest BCUT2D eigenvalue weighted by molar-refractivity contribution is 6.06. The number of amides is 1. The number of rotatable bonds is 9. The van der Waals surface area contributed by atoms with Crippen molar-refractivity contribution in [2.24, 2.45) is 0 Å². The maximum absolute atomic E-state index is 13.2. The number of nitrogens with one attached hydrogen (secondary N) is 1. The van der Waals surface area contributed by atoms with Gasteiger partial charge in [-0.1, -0.05) is 24.3 Å². The van der Waals surface area contributed by atoms with Crippen LogP contribution in [0.25, 0.3) is 22.0 Å². The van der Waals surface area contributed by atoms with Crippen molar-refractivity contribution in [2.45, 2.75) is 13.3 Å². The lowest BCUT2D eigenvalue weighted by Gasteiger charge is -2.36. The lowest BCUT2D eigenvalue weighted by atomic mass is 10.0. The predicted octanol–water partition coefficient (Wildman–Crippen LogP) is 4.88. The summed E-state index contributed by atoms with van der Waals surface area (Å²) in [5.74, 6) is 0.690. The number of aromatic nitrogens is 2. The highest BCUT2D eigenvalue weighted by Gasteiger charge is 2.18. The van der Waals surface area contributed by atoms with Gasteiger partial charge in [0.2, 0.25) is 0 Å². The number of nitrogens with zero attached hydrogens (tertiary/aromatic N) is 4. The summed E-state index contributed by atoms with van der Waals surface area (Å²) in [4.78, 5) is 27.0. The van der Waals surface area contributed by atoms with E-state index in [0.717, 1.165) is 66.9 Å². The van der Waals surface area contributed by atoms with Gasteiger partial charge in [0, 0.05) is 63.2 Å². The van der Waals surface area contributed by atoms with E-state index >= 15 is 0 Å². The van der Waals surface area contributed by atoms with E-state index in [1.165, 1.54) is 5.69 Å². The van der Waals surface area contributed by atoms with Crippen LogP contribution in [-0.4, -0.2) is 66.7 Å². The summed E-state index contributed by atoms with van der Waals surface area (Å²) >= 11 is 0. The number of fused-ring (bicyclic) bond motifs is 1. The second kappa shape index (κ2) is 11.8. The molecule has 1 aliphatic heterocycles. The zero-order chi connectivity index (χ0) is 25.5. The quantitative estimate of drug-likeness (QED) is 0.332. The Hall–Kier alpha value is -3.97. The van der Waals surface area contributed by atoms with Crippen LogP contribution in [0.1, 0.15) is 25.3 Å². The number of carbonyl (C=O) groups excluding carboxylic acids is 1. The molecule has 0 aliphatic carbocycles. The molecule has 7 heteroatoms. The molecule has 3 heterocycles. The Balaban J connectivity index is 0.00000336. The minimum absolute atomic E-state index is 0. The van der Waals surface area contributed by atoms with Gasteiger partial charge in [-0.25, -0.2) is 4.98 Å². The van der Waals surface area contributed by atoms with Crippen LogP contribution in [0.2, 0.25) is 0 Å². The predicted molar refractivity (Wildman–Crippen MR) is 150 cm³/mol. The lowest BCUT2D eigenvalue weighted by molar-refractivity contribution is 0.0948. The van der Waals surface area contributed by atoms with E-state index in [1.54, 1.807) is 0 Å². The molecule has 5 rings (SSSR count). The Morgan fingerprint density at radius 3 is 2.51 bits per heavy atom. The van der Waals surface area contributed by atoms with Gasteiger partial charge >= 0.3 is 0 Å². The molecular formula is C30H35N5O2. The molecule has 1 saturated heterocycles. The molecule has 1 aliphatic rings. The van der Waals surface area contributed by atoms with Crippen molar-refractivity contribution in [1.82, 2.24) is 20.2 Å². The Bertz CT molecular complexity index is 1330. The van der Waals surface area contributed by atoms with Crippen molar-refractivity contribution in [1.29, 1.82) is 0 Å². The highest BCUT2D eigenvalue weighted by atomic mass is 16.5. The van der Waals surface area contributed by atoms with Gasteiger partial charge in [-0.2, -0.15) is 0 Å². The van der Waals surface area contributed by atoms with Crippen LogP contribution < -0.4 is 15.0 Å². The molecule has 0 radical (unpaired) electrons. The summed E-state index contributed by atoms with van der Waals surface area (Å²) in [6.07, 6.45) is 4.59. The molecule has 0 bridgehead atoms. The number of anilines is 1. The van der Waals surface area contributed by atoms with Crippen molar-refractivity contribution in [2.75, 3.05) is 50.8 Å². The first-order chi connectivity index (χ1) is 18.2. The van der Waals surface area contributed by atoms with Gasteiger partial charge < -0.3 is 15.0 Å². The van der Waals surface area contributed by atoms with Crippen LogP contribution in [0.4, 0.5) is 5.69 Å². The summed E-state index contributed by atoms with van der Waals surface area (Å²) < 4.78 is 5.56. The molecule has 37 heavy (non-hydrogen) atoms. The normalized spacial score (nSPS) is 14.0. The molecule has 1 amide bonds. The summed E-state index contributed by atoms with van der Waals surface area (Å²) in [7, 11) is 0. The van der Waals surface area contributed by atoms with Crippen molar-refractivity contribution in [3.05, 3.63) is 84.8 Å². The summed E-state index contributed by atoms with van der Waals surface area (Å²) in [5.41, 5.74) is 3.43. The maximum atomic E-state index is 13.2. The largest absolute Gasteiger partial charge is 0.494 e. The summed E-state index contributed by atoms with van der Waals surface area (Å²) in [6, 6.07) is 21.9. The third-order valence-corrected chi connectivity index (χ3v) is 6.75. The Kier molecular flexibility index (Phi) is 7.91. The number of piperazine rings is 1. The molecule has 4 aromatic rings. The van der Waals surface area contributed by atoms with E-state index in [1.807, 2.05) is 73.9 Å². The van der Waals surface area contributed by atoms with Gasteiger partial charge in [-0.05, 0) is 67.7 Å². The molecule has 1 N–H and O–H groups in total. The number of carbonyl (C=O) groups is 1. The van der Waals surface area contributed by atoms with E-state index in [4.69, 9.17) is 9.72 Å². The average molecular weight is 498 g/mol. The van der Waals surface area contributed by atoms with Gasteiger partial charge in [0.05, 0.1) is 12.3 Å². The van der Waals surface area contributed by atoms with Crippen LogP contribution in [-0.2, 0) is 0 Å². The van der Waals surface area contributed by atoms with Gasteiger partial charge in [0.15, 0.2) is 0 Å². The molecule has 192 valence electrons. The molecule has 7 nitrogen and oxygen atoms in total. The van der Waals surface area contributed by atoms with E-state index in [2.05, 4.69) is 32.2 Å². The van der Waals surface area contributed by atoms with Crippen molar-refractivity contribution in [3.63, 3.8) is 0 Å². The lowest BCUT2D eigenvalue weighted by Crippen LogP contribution is -2.47. The fourth-order valence-corrected chi connectivity index (χ4v) is 4.78. The molecule has 2 aromatic heterocycles. The number of hydrogen-bond donors (Lipinski definition) is 1. The molecule has 1 fully saturated rings. The summed E-state index contributed by atoms with van der Waals surface area (Å²) in [6.45, 7) is 8.22. The Morgan fingerprint density at radius 1 is 1.00 bits per heavy atom. The fourth-order valence-electron chi connectivity index (χ4n) is 4.78. The van der Waals surface area contributed by atoms with Gasteiger partial charge in [0.25, 0.3) is 5.91 Å². The maximum Gasteiger partial charge on any atom is 0.270 e. The van der Waals surface area contributed by atoms with Crippen LogP contribution in [0.15, 0.2) is 79.1 Å². The minimum Gasteiger partial charge on any atom is -0.494 e. The van der Waals surface area contributed by atoms with E-state index < -0.39 is 0 Å². The summed E-state index contributed by atoms with van der Waals surface area (Å²) in [5, 5.41) is 4.97. The van der Waals surface area contributed by atoms with Gasteiger partial charge in [0.1, 0.15) is 11.4 Å². The number of benzene rings is 2. The third-order valence-electron chi connectivity index (χ3n) is 6.75. The first-order valence-electron chi connectivity index (χ1n) is 13.0. The zero-order valence-corrected chi connectivity index (χ0v) is 21.3. The van der Waals surface area contributed by atoms with Crippen LogP contribution in [0, 0.1) is 0 Å². The second-order valence-corrected chi connectivity index (χ2v) is 9.18. The molecule has 0 saturated carbocycles. The fraction of sp³-hybridized carbons (Fsp3) is 0.300. The van der Waals surface area contributed by atoms with Crippen molar-refractivity contribution in [3.8, 4) is 17.0 Å². The van der Waals surface area contributed by atoms with Crippen molar-refractivity contribution < 1.29 is 11.0 Å². The standard InChI is InChI=1S/C30H33N5O2.H2/c1-2-37-26-10-8-23(9-11-26)28-22-24-6-3-4-7-27(24)29(33-28)30(36)32-14-5-17-34-18-20-35(21-19-34)25-12-15-31-16-13-25;/h3-4,6-13,15-16,22H,2,5,14,17-21H2,1H3,(H,32,36);1H. The number of hydrogen-bond acceptors (Lipinski definition) is 6. The van der Waals surface area contributed by atoms with E-state index in [0.29, 0.717) is 18.8 Å². The molecular weight excluding hydrogens is 462 g/mol. The Labute approximate surface area is 219 Å². The number of ether oxygens (including phenoxy) is 1. The first-order valence-corrected chi connectivity index (χ1v) is 13.0. The van der Waals surface area contributed by atoms with Crippen LogP contribution >= 0.6 is 0 Å². The monoisotopic (exact) mass is 497 g/mol. The van der Waals surface area contributed by atoms with Crippen LogP contribution in [0.5, 0.6) is 5.75 Å². The smallest absolute Gasteiger partial charge is 0.270 e. The Morgan fingerprint density at radius 2 is 1.76 bits per heavy atom. The molecule has 0 spiro atoms. The van der Waals surface area contributed by atoms with E-state index in [9.17, 15) is 4.79 Å². The van der Waals surface area contributed by atoms with Gasteiger partial charge in [-0.3, -0.25) is 14.7 Å². The average Bonchev–Trinajstić information content (AvgIpc) is 2.96. The SMILES string of the molecule is CCOc1ccc(-c2cc3ccccc3c(C(=O)NCCCN3CCN(c4ccncc4)CC3)n2)cc1.[HH]. The molecule has 2 aromatic carbocycles. The van der Waals surface area contributed by atoms with Crippen molar-refractivity contribution >= 4 is 22.4 Å². The first kappa shape index (κ1) is 24.7. The van der Waals surface area contributed by atoms with E-state index in [-0.39, 0.29) is 7.33 Å². The van der Waals surface area contributed by atoms with Crippen LogP contribution in [0.3, 0.4) is 0 Å².